The van der Waals surface area contributed by atoms with Gasteiger partial charge in [0.1, 0.15) is 5.82 Å². The van der Waals surface area contributed by atoms with E-state index in [1.165, 1.54) is 23.5 Å². The SMILES string of the molecule is CSc1ccc(C2C(C(=O)OC(C)C)=C(C)N=c3sc(=Cc4ccc(F)cc4)c(=O)n32)cc1. The summed E-state index contributed by atoms with van der Waals surface area (Å²) in [5.41, 5.74) is 2.12. The monoisotopic (exact) mass is 482 g/mol. The number of hydrogen-bond acceptors (Lipinski definition) is 6. The quantitative estimate of drug-likeness (QED) is 0.407. The van der Waals surface area contributed by atoms with Gasteiger partial charge in [0, 0.05) is 4.90 Å². The first-order chi connectivity index (χ1) is 15.8. The molecule has 1 aliphatic rings. The minimum Gasteiger partial charge on any atom is -0.459 e. The van der Waals surface area contributed by atoms with E-state index in [4.69, 9.17) is 4.74 Å². The van der Waals surface area contributed by atoms with Crippen molar-refractivity contribution >= 4 is 35.1 Å². The Labute approximate surface area is 199 Å². The number of benzene rings is 2. The normalized spacial score (nSPS) is 16.1. The van der Waals surface area contributed by atoms with Crippen LogP contribution >= 0.6 is 23.1 Å². The molecule has 0 amide bonds. The first-order valence-electron chi connectivity index (χ1n) is 10.4. The van der Waals surface area contributed by atoms with E-state index in [0.717, 1.165) is 10.5 Å². The number of allylic oxidation sites excluding steroid dienone is 1. The number of hydrogen-bond donors (Lipinski definition) is 0. The Hall–Kier alpha value is -2.97. The van der Waals surface area contributed by atoms with Crippen molar-refractivity contribution in [3.63, 3.8) is 0 Å². The minimum atomic E-state index is -0.654. The van der Waals surface area contributed by atoms with Crippen LogP contribution in [0, 0.1) is 5.82 Å². The van der Waals surface area contributed by atoms with Crippen LogP contribution in [0.25, 0.3) is 6.08 Å². The average molecular weight is 483 g/mol. The number of rotatable bonds is 5. The van der Waals surface area contributed by atoms with Crippen LogP contribution in [-0.4, -0.2) is 22.9 Å². The molecule has 2 aromatic carbocycles. The van der Waals surface area contributed by atoms with Gasteiger partial charge >= 0.3 is 5.97 Å². The number of thiazole rings is 1. The van der Waals surface area contributed by atoms with Crippen molar-refractivity contribution in [2.75, 3.05) is 6.26 Å². The van der Waals surface area contributed by atoms with Crippen molar-refractivity contribution in [1.29, 1.82) is 0 Å². The molecule has 0 N–H and O–H groups in total. The Morgan fingerprint density at radius 1 is 1.18 bits per heavy atom. The molecule has 170 valence electrons. The van der Waals surface area contributed by atoms with Crippen molar-refractivity contribution in [2.24, 2.45) is 4.99 Å². The number of nitrogens with zero attached hydrogens (tertiary/aromatic N) is 2. The molecule has 8 heteroatoms. The zero-order valence-electron chi connectivity index (χ0n) is 18.7. The lowest BCUT2D eigenvalue weighted by molar-refractivity contribution is -0.143. The summed E-state index contributed by atoms with van der Waals surface area (Å²) < 4.78 is 20.8. The largest absolute Gasteiger partial charge is 0.459 e. The molecule has 5 nitrogen and oxygen atoms in total. The number of thioether (sulfide) groups is 1. The van der Waals surface area contributed by atoms with Gasteiger partial charge in [-0.2, -0.15) is 0 Å². The second-order valence-electron chi connectivity index (χ2n) is 7.86. The molecule has 0 fully saturated rings. The standard InChI is InChI=1S/C25H23FN2O3S2/c1-14(2)31-24(30)21-15(3)27-25-28(22(21)17-7-11-19(32-4)12-8-17)23(29)20(33-25)13-16-5-9-18(26)10-6-16/h5-14,22H,1-4H3. The van der Waals surface area contributed by atoms with Gasteiger partial charge in [-0.15, -0.1) is 11.8 Å². The van der Waals surface area contributed by atoms with Gasteiger partial charge in [-0.3, -0.25) is 9.36 Å². The van der Waals surface area contributed by atoms with Gasteiger partial charge in [-0.05, 0) is 68.5 Å². The van der Waals surface area contributed by atoms with Crippen LogP contribution in [0.4, 0.5) is 4.39 Å². The van der Waals surface area contributed by atoms with E-state index in [-0.39, 0.29) is 17.5 Å². The van der Waals surface area contributed by atoms with Gasteiger partial charge in [0.2, 0.25) is 0 Å². The van der Waals surface area contributed by atoms with E-state index in [2.05, 4.69) is 4.99 Å². The first kappa shape index (κ1) is 23.2. The molecule has 1 aromatic heterocycles. The number of esters is 1. The van der Waals surface area contributed by atoms with Crippen molar-refractivity contribution in [1.82, 2.24) is 4.57 Å². The molecule has 33 heavy (non-hydrogen) atoms. The zero-order chi connectivity index (χ0) is 23.7. The molecular formula is C25H23FN2O3S2. The van der Waals surface area contributed by atoms with Crippen LogP contribution in [0.15, 0.2) is 74.5 Å². The van der Waals surface area contributed by atoms with Gasteiger partial charge in [0.25, 0.3) is 5.56 Å². The highest BCUT2D eigenvalue weighted by Gasteiger charge is 2.33. The van der Waals surface area contributed by atoms with Gasteiger partial charge in [0.05, 0.1) is 27.9 Å². The molecule has 0 saturated carbocycles. The topological polar surface area (TPSA) is 60.7 Å². The fourth-order valence-electron chi connectivity index (χ4n) is 3.67. The summed E-state index contributed by atoms with van der Waals surface area (Å²) in [6, 6.07) is 13.1. The smallest absolute Gasteiger partial charge is 0.338 e. The van der Waals surface area contributed by atoms with Crippen LogP contribution in [0.3, 0.4) is 0 Å². The summed E-state index contributed by atoms with van der Waals surface area (Å²) in [4.78, 5) is 32.8. The number of carbonyl (C=O) groups is 1. The highest BCUT2D eigenvalue weighted by molar-refractivity contribution is 7.98. The lowest BCUT2D eigenvalue weighted by Crippen LogP contribution is -2.40. The number of carbonyl (C=O) groups excluding carboxylic acids is 1. The van der Waals surface area contributed by atoms with Crippen LogP contribution in [-0.2, 0) is 9.53 Å². The Balaban J connectivity index is 1.92. The van der Waals surface area contributed by atoms with E-state index in [1.54, 1.807) is 55.3 Å². The summed E-state index contributed by atoms with van der Waals surface area (Å²) in [5, 5.41) is 0. The molecular weight excluding hydrogens is 459 g/mol. The Bertz CT molecular complexity index is 1400. The molecule has 2 heterocycles. The summed E-state index contributed by atoms with van der Waals surface area (Å²) in [6.45, 7) is 5.33. The Morgan fingerprint density at radius 2 is 1.85 bits per heavy atom. The highest BCUT2D eigenvalue weighted by atomic mass is 32.2. The minimum absolute atomic E-state index is 0.260. The van der Waals surface area contributed by atoms with Crippen LogP contribution < -0.4 is 14.9 Å². The van der Waals surface area contributed by atoms with Crippen molar-refractivity contribution in [3.05, 3.63) is 96.4 Å². The number of ether oxygens (including phenoxy) is 1. The second kappa shape index (κ2) is 9.49. The lowest BCUT2D eigenvalue weighted by Gasteiger charge is -2.25. The van der Waals surface area contributed by atoms with E-state index in [1.807, 2.05) is 30.5 Å². The molecule has 0 saturated heterocycles. The van der Waals surface area contributed by atoms with Crippen molar-refractivity contribution < 1.29 is 13.9 Å². The molecule has 0 bridgehead atoms. The molecule has 3 aromatic rings. The maximum absolute atomic E-state index is 13.5. The second-order valence-corrected chi connectivity index (χ2v) is 9.75. The Kier molecular flexibility index (Phi) is 6.67. The van der Waals surface area contributed by atoms with Crippen LogP contribution in [0.2, 0.25) is 0 Å². The molecule has 1 atom stereocenters. The average Bonchev–Trinajstić information content (AvgIpc) is 3.08. The Morgan fingerprint density at radius 3 is 2.45 bits per heavy atom. The predicted molar refractivity (Wildman–Crippen MR) is 130 cm³/mol. The molecule has 1 unspecified atom stereocenters. The molecule has 1 aliphatic heterocycles. The van der Waals surface area contributed by atoms with Crippen LogP contribution in [0.1, 0.15) is 37.9 Å². The number of halogens is 1. The van der Waals surface area contributed by atoms with E-state index >= 15 is 0 Å². The fraction of sp³-hybridized carbons (Fsp3) is 0.240. The molecule has 0 radical (unpaired) electrons. The van der Waals surface area contributed by atoms with Crippen LogP contribution in [0.5, 0.6) is 0 Å². The van der Waals surface area contributed by atoms with Gasteiger partial charge in [-0.25, -0.2) is 14.2 Å². The van der Waals surface area contributed by atoms with Gasteiger partial charge in [0.15, 0.2) is 4.80 Å². The molecule has 0 spiro atoms. The predicted octanol–water partition coefficient (Wildman–Crippen LogP) is 4.05. The van der Waals surface area contributed by atoms with Gasteiger partial charge in [-0.1, -0.05) is 35.6 Å². The van der Waals surface area contributed by atoms with Crippen molar-refractivity contribution in [3.8, 4) is 0 Å². The van der Waals surface area contributed by atoms with E-state index < -0.39 is 12.0 Å². The summed E-state index contributed by atoms with van der Waals surface area (Å²) in [6.07, 6.45) is 3.39. The van der Waals surface area contributed by atoms with Gasteiger partial charge < -0.3 is 4.74 Å². The third-order valence-electron chi connectivity index (χ3n) is 5.18. The molecule has 4 rings (SSSR count). The van der Waals surface area contributed by atoms with E-state index in [9.17, 15) is 14.0 Å². The number of aromatic nitrogens is 1. The van der Waals surface area contributed by atoms with Crippen molar-refractivity contribution in [2.45, 2.75) is 37.8 Å². The maximum atomic E-state index is 13.5. The lowest BCUT2D eigenvalue weighted by atomic mass is 9.96. The third kappa shape index (κ3) is 4.72. The highest BCUT2D eigenvalue weighted by Crippen LogP contribution is 2.32. The summed E-state index contributed by atoms with van der Waals surface area (Å²) >= 11 is 2.86. The summed E-state index contributed by atoms with van der Waals surface area (Å²) in [5.74, 6) is -0.829. The third-order valence-corrected chi connectivity index (χ3v) is 6.91. The number of fused-ring (bicyclic) bond motifs is 1. The maximum Gasteiger partial charge on any atom is 0.338 e. The first-order valence-corrected chi connectivity index (χ1v) is 12.5. The van der Waals surface area contributed by atoms with E-state index in [0.29, 0.717) is 26.2 Å². The zero-order valence-corrected chi connectivity index (χ0v) is 20.3. The fourth-order valence-corrected chi connectivity index (χ4v) is 5.13. The summed E-state index contributed by atoms with van der Waals surface area (Å²) in [7, 11) is 0. The molecule has 0 aliphatic carbocycles.